The third-order valence-electron chi connectivity index (χ3n) is 7.95. The second kappa shape index (κ2) is 12.9. The van der Waals surface area contributed by atoms with Crippen LogP contribution in [0.3, 0.4) is 0 Å². The van der Waals surface area contributed by atoms with E-state index in [-0.39, 0.29) is 11.5 Å². The van der Waals surface area contributed by atoms with Gasteiger partial charge in [-0.1, -0.05) is 0 Å². The molecule has 1 fully saturated rings. The monoisotopic (exact) mass is 543 g/mol. The number of nitrogens with one attached hydrogen (secondary N) is 3. The fourth-order valence-electron chi connectivity index (χ4n) is 5.94. The standard InChI is InChI=1S/C29H43F2N7O/c1-18(32)24(16-33-3)22-14-20-6-5-12-38(27(20)15-23(22)28(30)31)29(34-4)25-17-37(19(2)39)13-9-26(25)36-21-7-10-35-11-8-21/h14-16,18,21,28,33,35-36H,5-13,17,32H2,1-4H3/b24-16+,34-29?. The largest absolute Gasteiger partial charge is 0.394 e. The number of benzene rings is 1. The maximum absolute atomic E-state index is 14.5. The molecule has 4 rings (SSSR count). The van der Waals surface area contributed by atoms with Crippen molar-refractivity contribution >= 4 is 23.0 Å². The molecule has 3 aliphatic heterocycles. The first-order valence-electron chi connectivity index (χ1n) is 14.0. The van der Waals surface area contributed by atoms with Crippen LogP contribution in [0.15, 0.2) is 34.6 Å². The number of nitrogens with two attached hydrogens (primary N) is 1. The van der Waals surface area contributed by atoms with Crippen LogP contribution in [-0.2, 0) is 11.2 Å². The first kappa shape index (κ1) is 29.0. The van der Waals surface area contributed by atoms with E-state index >= 15 is 0 Å². The van der Waals surface area contributed by atoms with Crippen molar-refractivity contribution in [3.05, 3.63) is 46.3 Å². The molecule has 39 heavy (non-hydrogen) atoms. The van der Waals surface area contributed by atoms with Gasteiger partial charge in [0.1, 0.15) is 5.84 Å². The number of carbonyl (C=O) groups is 1. The number of carbonyl (C=O) groups excluding carboxylic acids is 1. The van der Waals surface area contributed by atoms with Gasteiger partial charge in [-0.25, -0.2) is 8.78 Å². The van der Waals surface area contributed by atoms with E-state index < -0.39 is 12.5 Å². The van der Waals surface area contributed by atoms with E-state index in [1.165, 1.54) is 0 Å². The number of amidine groups is 1. The number of anilines is 1. The molecule has 0 bridgehead atoms. The minimum Gasteiger partial charge on any atom is -0.394 e. The molecule has 3 heterocycles. The van der Waals surface area contributed by atoms with Gasteiger partial charge in [0.25, 0.3) is 6.43 Å². The molecule has 1 unspecified atom stereocenters. The van der Waals surface area contributed by atoms with Gasteiger partial charge in [0.2, 0.25) is 5.91 Å². The van der Waals surface area contributed by atoms with Crippen molar-refractivity contribution in [1.82, 2.24) is 20.9 Å². The molecule has 5 N–H and O–H groups in total. The number of aliphatic imine (C=N–C) groups is 1. The molecule has 1 amide bonds. The summed E-state index contributed by atoms with van der Waals surface area (Å²) in [6, 6.07) is 3.45. The quantitative estimate of drug-likeness (QED) is 0.312. The summed E-state index contributed by atoms with van der Waals surface area (Å²) in [4.78, 5) is 21.0. The van der Waals surface area contributed by atoms with Crippen molar-refractivity contribution in [3.8, 4) is 0 Å². The van der Waals surface area contributed by atoms with Crippen molar-refractivity contribution in [2.75, 3.05) is 51.7 Å². The molecule has 0 radical (unpaired) electrons. The van der Waals surface area contributed by atoms with Gasteiger partial charge in [-0.15, -0.1) is 0 Å². The number of alkyl halides is 2. The van der Waals surface area contributed by atoms with E-state index in [0.29, 0.717) is 43.2 Å². The third kappa shape index (κ3) is 6.44. The van der Waals surface area contributed by atoms with Gasteiger partial charge in [-0.3, -0.25) is 9.79 Å². The number of fused-ring (bicyclic) bond motifs is 1. The normalized spacial score (nSPS) is 20.3. The minimum absolute atomic E-state index is 0.0206. The summed E-state index contributed by atoms with van der Waals surface area (Å²) in [5.74, 6) is 0.761. The van der Waals surface area contributed by atoms with Crippen molar-refractivity contribution in [2.24, 2.45) is 10.7 Å². The van der Waals surface area contributed by atoms with Crippen LogP contribution in [0.4, 0.5) is 14.5 Å². The second-order valence-corrected chi connectivity index (χ2v) is 10.7. The molecule has 0 aliphatic carbocycles. The Kier molecular flexibility index (Phi) is 9.61. The highest BCUT2D eigenvalue weighted by Gasteiger charge is 2.32. The average Bonchev–Trinajstić information content (AvgIpc) is 2.92. The van der Waals surface area contributed by atoms with E-state index in [0.717, 1.165) is 67.1 Å². The summed E-state index contributed by atoms with van der Waals surface area (Å²) in [6.07, 6.45) is 3.47. The van der Waals surface area contributed by atoms with E-state index in [1.54, 1.807) is 40.2 Å². The van der Waals surface area contributed by atoms with Gasteiger partial charge in [0.15, 0.2) is 0 Å². The Bertz CT molecular complexity index is 1140. The van der Waals surface area contributed by atoms with E-state index in [9.17, 15) is 13.6 Å². The molecule has 0 aromatic heterocycles. The maximum atomic E-state index is 14.5. The second-order valence-electron chi connectivity index (χ2n) is 10.7. The molecule has 3 aliphatic rings. The molecular formula is C29H43F2N7O. The highest BCUT2D eigenvalue weighted by molar-refractivity contribution is 6.11. The number of halogens is 2. The molecular weight excluding hydrogens is 500 g/mol. The van der Waals surface area contributed by atoms with Crippen molar-refractivity contribution in [1.29, 1.82) is 0 Å². The van der Waals surface area contributed by atoms with E-state index in [1.807, 2.05) is 11.0 Å². The molecule has 214 valence electrons. The molecule has 0 saturated carbocycles. The summed E-state index contributed by atoms with van der Waals surface area (Å²) < 4.78 is 29.0. The Hall–Kier alpha value is -2.98. The lowest BCUT2D eigenvalue weighted by atomic mass is 9.89. The topological polar surface area (TPSA) is 98.0 Å². The Labute approximate surface area is 230 Å². The smallest absolute Gasteiger partial charge is 0.264 e. The highest BCUT2D eigenvalue weighted by atomic mass is 19.3. The van der Waals surface area contributed by atoms with Crippen LogP contribution in [0.25, 0.3) is 5.57 Å². The predicted octanol–water partition coefficient (Wildman–Crippen LogP) is 3.16. The van der Waals surface area contributed by atoms with Crippen LogP contribution >= 0.6 is 0 Å². The SMILES string of the molecule is CN=C(C1=C(NC2CCNCC2)CCN(C(C)=O)C1)N1CCCc2cc(/C(=C/NC)C(C)N)c(C(F)F)cc21. The first-order chi connectivity index (χ1) is 18.7. The van der Waals surface area contributed by atoms with Crippen LogP contribution in [0.1, 0.15) is 62.6 Å². The first-order valence-corrected chi connectivity index (χ1v) is 14.0. The predicted molar refractivity (Wildman–Crippen MR) is 154 cm³/mol. The highest BCUT2D eigenvalue weighted by Crippen LogP contribution is 2.39. The molecule has 0 spiro atoms. The Morgan fingerprint density at radius 3 is 2.59 bits per heavy atom. The van der Waals surface area contributed by atoms with E-state index in [4.69, 9.17) is 10.7 Å². The summed E-state index contributed by atoms with van der Waals surface area (Å²) in [7, 11) is 3.49. The number of rotatable bonds is 7. The number of amides is 1. The van der Waals surface area contributed by atoms with Gasteiger partial charge in [-0.2, -0.15) is 0 Å². The average molecular weight is 544 g/mol. The molecule has 1 atom stereocenters. The van der Waals surface area contributed by atoms with Gasteiger partial charge < -0.3 is 31.5 Å². The summed E-state index contributed by atoms with van der Waals surface area (Å²) in [6.45, 7) is 7.10. The molecule has 8 nitrogen and oxygen atoms in total. The van der Waals surface area contributed by atoms with Crippen LogP contribution < -0.4 is 26.6 Å². The van der Waals surface area contributed by atoms with Crippen LogP contribution in [0.2, 0.25) is 0 Å². The van der Waals surface area contributed by atoms with Crippen LogP contribution in [-0.4, -0.2) is 75.5 Å². The Morgan fingerprint density at radius 2 is 1.97 bits per heavy atom. The third-order valence-corrected chi connectivity index (χ3v) is 7.95. The number of piperidine rings is 1. The van der Waals surface area contributed by atoms with Crippen LogP contribution in [0.5, 0.6) is 0 Å². The van der Waals surface area contributed by atoms with Crippen molar-refractivity contribution in [3.63, 3.8) is 0 Å². The fraction of sp³-hybridized carbons (Fsp3) is 0.586. The Morgan fingerprint density at radius 1 is 1.23 bits per heavy atom. The van der Waals surface area contributed by atoms with Crippen LogP contribution in [0, 0.1) is 0 Å². The van der Waals surface area contributed by atoms with Gasteiger partial charge in [0, 0.05) is 81.3 Å². The van der Waals surface area contributed by atoms with E-state index in [2.05, 4.69) is 20.9 Å². The fourth-order valence-corrected chi connectivity index (χ4v) is 5.94. The summed E-state index contributed by atoms with van der Waals surface area (Å²) >= 11 is 0. The van der Waals surface area contributed by atoms with Gasteiger partial charge in [-0.05, 0) is 74.5 Å². The molecule has 10 heteroatoms. The molecule has 1 saturated heterocycles. The summed E-state index contributed by atoms with van der Waals surface area (Å²) in [5, 5.41) is 10.1. The zero-order chi connectivity index (χ0) is 28.1. The lowest BCUT2D eigenvalue weighted by Crippen LogP contribution is -2.47. The lowest BCUT2D eigenvalue weighted by Gasteiger charge is -2.39. The molecule has 1 aromatic carbocycles. The molecule has 1 aromatic rings. The number of aryl methyl sites for hydroxylation is 1. The zero-order valence-electron chi connectivity index (χ0n) is 23.6. The minimum atomic E-state index is -2.66. The van der Waals surface area contributed by atoms with Crippen molar-refractivity contribution < 1.29 is 13.6 Å². The summed E-state index contributed by atoms with van der Waals surface area (Å²) in [5.41, 5.74) is 11.1. The number of nitrogens with zero attached hydrogens (tertiary/aromatic N) is 3. The van der Waals surface area contributed by atoms with Crippen molar-refractivity contribution in [2.45, 2.75) is 64.5 Å². The lowest BCUT2D eigenvalue weighted by molar-refractivity contribution is -0.128. The zero-order valence-corrected chi connectivity index (χ0v) is 23.6. The maximum Gasteiger partial charge on any atom is 0.264 e. The van der Waals surface area contributed by atoms with Gasteiger partial charge >= 0.3 is 0 Å². The number of hydrogen-bond donors (Lipinski definition) is 4. The van der Waals surface area contributed by atoms with Gasteiger partial charge in [0.05, 0.1) is 6.54 Å². The number of hydrogen-bond acceptors (Lipinski definition) is 6. The Balaban J connectivity index is 1.79.